The highest BCUT2D eigenvalue weighted by Crippen LogP contribution is 2.10. The van der Waals surface area contributed by atoms with Crippen molar-refractivity contribution in [3.8, 4) is 0 Å². The van der Waals surface area contributed by atoms with Crippen molar-refractivity contribution in [1.29, 1.82) is 0 Å². The van der Waals surface area contributed by atoms with Crippen LogP contribution < -0.4 is 10.6 Å². The normalized spacial score (nSPS) is 10.4. The Balaban J connectivity index is 1.81. The molecule has 6 nitrogen and oxygen atoms in total. The molecular formula is C14H19N5O. The van der Waals surface area contributed by atoms with Gasteiger partial charge in [-0.3, -0.25) is 4.79 Å². The molecule has 1 aromatic heterocycles. The SMILES string of the molecule is CNCCC(=O)CNc1ccc(Cn2cncn2)cc1. The van der Waals surface area contributed by atoms with E-state index >= 15 is 0 Å². The van der Waals surface area contributed by atoms with Gasteiger partial charge in [0, 0.05) is 18.7 Å². The second-order valence-electron chi connectivity index (χ2n) is 4.54. The molecule has 0 aliphatic heterocycles. The van der Waals surface area contributed by atoms with Gasteiger partial charge in [0.05, 0.1) is 13.1 Å². The fourth-order valence-electron chi connectivity index (χ4n) is 1.78. The first kappa shape index (κ1) is 14.2. The van der Waals surface area contributed by atoms with Crippen LogP contribution in [0.15, 0.2) is 36.9 Å². The molecule has 6 heteroatoms. The standard InChI is InChI=1S/C14H19N5O/c1-15-7-6-14(20)8-17-13-4-2-12(3-5-13)9-19-11-16-10-18-19/h2-5,10-11,15,17H,6-9H2,1H3. The summed E-state index contributed by atoms with van der Waals surface area (Å²) in [5.41, 5.74) is 2.09. The number of anilines is 1. The molecule has 20 heavy (non-hydrogen) atoms. The lowest BCUT2D eigenvalue weighted by atomic mass is 10.2. The van der Waals surface area contributed by atoms with E-state index in [2.05, 4.69) is 20.7 Å². The largest absolute Gasteiger partial charge is 0.378 e. The number of carbonyl (C=O) groups excluding carboxylic acids is 1. The zero-order chi connectivity index (χ0) is 14.2. The van der Waals surface area contributed by atoms with E-state index in [9.17, 15) is 4.79 Å². The van der Waals surface area contributed by atoms with E-state index < -0.39 is 0 Å². The Morgan fingerprint density at radius 1 is 1.30 bits per heavy atom. The van der Waals surface area contributed by atoms with Crippen molar-refractivity contribution in [1.82, 2.24) is 20.1 Å². The highest BCUT2D eigenvalue weighted by Gasteiger charge is 2.01. The average molecular weight is 273 g/mol. The van der Waals surface area contributed by atoms with Gasteiger partial charge in [0.15, 0.2) is 5.78 Å². The molecule has 0 aliphatic carbocycles. The summed E-state index contributed by atoms with van der Waals surface area (Å²) >= 11 is 0. The third-order valence-electron chi connectivity index (χ3n) is 2.91. The summed E-state index contributed by atoms with van der Waals surface area (Å²) in [6.07, 6.45) is 3.76. The Labute approximate surface area is 118 Å². The Kier molecular flexibility index (Phi) is 5.25. The quantitative estimate of drug-likeness (QED) is 0.748. The Bertz CT molecular complexity index is 521. The molecule has 0 radical (unpaired) electrons. The molecule has 106 valence electrons. The van der Waals surface area contributed by atoms with Crippen LogP contribution in [0, 0.1) is 0 Å². The van der Waals surface area contributed by atoms with E-state index in [1.807, 2.05) is 31.3 Å². The minimum absolute atomic E-state index is 0.200. The number of rotatable bonds is 8. The summed E-state index contributed by atoms with van der Waals surface area (Å²) in [6.45, 7) is 1.78. The van der Waals surface area contributed by atoms with Gasteiger partial charge in [0.2, 0.25) is 0 Å². The van der Waals surface area contributed by atoms with E-state index in [1.165, 1.54) is 6.33 Å². The van der Waals surface area contributed by atoms with Crippen LogP contribution in [-0.2, 0) is 11.3 Å². The smallest absolute Gasteiger partial charge is 0.153 e. The second-order valence-corrected chi connectivity index (χ2v) is 4.54. The molecule has 1 heterocycles. The lowest BCUT2D eigenvalue weighted by Gasteiger charge is -2.07. The fraction of sp³-hybridized carbons (Fsp3) is 0.357. The van der Waals surface area contributed by atoms with Crippen LogP contribution in [0.25, 0.3) is 0 Å². The molecule has 0 spiro atoms. The minimum Gasteiger partial charge on any atom is -0.378 e. The van der Waals surface area contributed by atoms with E-state index in [1.54, 1.807) is 11.0 Å². The minimum atomic E-state index is 0.200. The van der Waals surface area contributed by atoms with Crippen LogP contribution in [0.5, 0.6) is 0 Å². The topological polar surface area (TPSA) is 71.8 Å². The van der Waals surface area contributed by atoms with Crippen LogP contribution in [0.1, 0.15) is 12.0 Å². The van der Waals surface area contributed by atoms with Crippen LogP contribution in [0.3, 0.4) is 0 Å². The average Bonchev–Trinajstić information content (AvgIpc) is 2.97. The zero-order valence-corrected chi connectivity index (χ0v) is 11.5. The lowest BCUT2D eigenvalue weighted by Crippen LogP contribution is -2.19. The van der Waals surface area contributed by atoms with Gasteiger partial charge >= 0.3 is 0 Å². The van der Waals surface area contributed by atoms with E-state index in [0.29, 0.717) is 19.5 Å². The summed E-state index contributed by atoms with van der Waals surface area (Å²) in [5.74, 6) is 0.200. The predicted molar refractivity (Wildman–Crippen MR) is 77.6 cm³/mol. The van der Waals surface area contributed by atoms with Crippen LogP contribution in [0.2, 0.25) is 0 Å². The van der Waals surface area contributed by atoms with Crippen LogP contribution >= 0.6 is 0 Å². The number of nitrogens with one attached hydrogen (secondary N) is 2. The first-order valence-corrected chi connectivity index (χ1v) is 6.59. The van der Waals surface area contributed by atoms with E-state index in [0.717, 1.165) is 17.8 Å². The number of carbonyl (C=O) groups is 1. The highest BCUT2D eigenvalue weighted by atomic mass is 16.1. The summed E-state index contributed by atoms with van der Waals surface area (Å²) in [5, 5.41) is 10.2. The van der Waals surface area contributed by atoms with Crippen molar-refractivity contribution in [2.45, 2.75) is 13.0 Å². The van der Waals surface area contributed by atoms with Gasteiger partial charge in [-0.15, -0.1) is 0 Å². The molecule has 2 aromatic rings. The summed E-state index contributed by atoms with van der Waals surface area (Å²) in [6, 6.07) is 7.97. The molecule has 2 N–H and O–H groups in total. The number of ketones is 1. The van der Waals surface area contributed by atoms with Crippen molar-refractivity contribution in [3.63, 3.8) is 0 Å². The molecule has 2 rings (SSSR count). The maximum absolute atomic E-state index is 11.5. The molecule has 0 fully saturated rings. The number of benzene rings is 1. The van der Waals surface area contributed by atoms with Crippen molar-refractivity contribution in [3.05, 3.63) is 42.5 Å². The number of hydrogen-bond donors (Lipinski definition) is 2. The zero-order valence-electron chi connectivity index (χ0n) is 11.5. The predicted octanol–water partition coefficient (Wildman–Crippen LogP) is 0.917. The molecule has 0 bridgehead atoms. The summed E-state index contributed by atoms with van der Waals surface area (Å²) in [7, 11) is 1.84. The third-order valence-corrected chi connectivity index (χ3v) is 2.91. The van der Waals surface area contributed by atoms with Gasteiger partial charge in [0.25, 0.3) is 0 Å². The molecule has 0 aliphatic rings. The Morgan fingerprint density at radius 2 is 2.10 bits per heavy atom. The maximum atomic E-state index is 11.5. The van der Waals surface area contributed by atoms with Gasteiger partial charge < -0.3 is 10.6 Å². The number of nitrogens with zero attached hydrogens (tertiary/aromatic N) is 3. The Hall–Kier alpha value is -2.21. The van der Waals surface area contributed by atoms with E-state index in [-0.39, 0.29) is 5.78 Å². The van der Waals surface area contributed by atoms with Gasteiger partial charge in [0.1, 0.15) is 12.7 Å². The third kappa shape index (κ3) is 4.47. The van der Waals surface area contributed by atoms with Gasteiger partial charge in [-0.05, 0) is 24.7 Å². The monoisotopic (exact) mass is 273 g/mol. The molecule has 0 saturated carbocycles. The van der Waals surface area contributed by atoms with E-state index in [4.69, 9.17) is 0 Å². The molecule has 0 unspecified atom stereocenters. The first-order valence-electron chi connectivity index (χ1n) is 6.59. The van der Waals surface area contributed by atoms with Crippen LogP contribution in [-0.4, -0.2) is 40.7 Å². The van der Waals surface area contributed by atoms with Gasteiger partial charge in [-0.2, -0.15) is 5.10 Å². The molecule has 1 aromatic carbocycles. The van der Waals surface area contributed by atoms with Crippen LogP contribution in [0.4, 0.5) is 5.69 Å². The number of aromatic nitrogens is 3. The molecule has 0 amide bonds. The van der Waals surface area contributed by atoms with Crippen molar-refractivity contribution >= 4 is 11.5 Å². The maximum Gasteiger partial charge on any atom is 0.153 e. The van der Waals surface area contributed by atoms with Gasteiger partial charge in [-0.1, -0.05) is 12.1 Å². The number of hydrogen-bond acceptors (Lipinski definition) is 5. The second kappa shape index (κ2) is 7.40. The fourth-order valence-corrected chi connectivity index (χ4v) is 1.78. The van der Waals surface area contributed by atoms with Crippen molar-refractivity contribution in [2.75, 3.05) is 25.5 Å². The molecule has 0 saturated heterocycles. The summed E-state index contributed by atoms with van der Waals surface area (Å²) < 4.78 is 1.77. The molecular weight excluding hydrogens is 254 g/mol. The highest BCUT2D eigenvalue weighted by molar-refractivity contribution is 5.83. The Morgan fingerprint density at radius 3 is 2.75 bits per heavy atom. The first-order chi connectivity index (χ1) is 9.78. The molecule has 0 atom stereocenters. The summed E-state index contributed by atoms with van der Waals surface area (Å²) in [4.78, 5) is 15.4. The number of Topliss-reactive ketones (excluding diaryl/α,β-unsaturated/α-hetero) is 1. The van der Waals surface area contributed by atoms with Gasteiger partial charge in [-0.25, -0.2) is 9.67 Å². The van der Waals surface area contributed by atoms with Crippen molar-refractivity contribution < 1.29 is 4.79 Å². The van der Waals surface area contributed by atoms with Crippen molar-refractivity contribution in [2.24, 2.45) is 0 Å². The lowest BCUT2D eigenvalue weighted by molar-refractivity contribution is -0.117.